The van der Waals surface area contributed by atoms with Gasteiger partial charge in [-0.25, -0.2) is 4.98 Å². The number of amides is 2. The standard InChI is InChI=1S/C21H30N4O3/c26-18-6-3-9-22-19(18)21(28)24-13-7-17(8-14-24)25-12-4-5-16(15-25)20(27)23-10-1-2-11-23/h3,6,9,16-17,26H,1-2,4-5,7-8,10-15H2/t16-/m0/s1. The summed E-state index contributed by atoms with van der Waals surface area (Å²) in [5, 5.41) is 9.88. The van der Waals surface area contributed by atoms with Crippen molar-refractivity contribution < 1.29 is 14.7 Å². The lowest BCUT2D eigenvalue weighted by atomic mass is 9.93. The van der Waals surface area contributed by atoms with Crippen LogP contribution >= 0.6 is 0 Å². The average Bonchev–Trinajstić information content (AvgIpc) is 3.28. The summed E-state index contributed by atoms with van der Waals surface area (Å²) in [6, 6.07) is 3.54. The molecule has 3 fully saturated rings. The number of pyridine rings is 1. The fourth-order valence-corrected chi connectivity index (χ4v) is 4.88. The van der Waals surface area contributed by atoms with Crippen LogP contribution in [0.2, 0.25) is 0 Å². The van der Waals surface area contributed by atoms with Crippen LogP contribution in [0, 0.1) is 5.92 Å². The van der Waals surface area contributed by atoms with Gasteiger partial charge >= 0.3 is 0 Å². The van der Waals surface area contributed by atoms with Gasteiger partial charge in [0.2, 0.25) is 5.91 Å². The molecule has 152 valence electrons. The Morgan fingerprint density at radius 3 is 2.43 bits per heavy atom. The molecule has 7 heteroatoms. The Morgan fingerprint density at radius 1 is 0.964 bits per heavy atom. The number of aromatic nitrogens is 1. The Bertz CT molecular complexity index is 711. The van der Waals surface area contributed by atoms with E-state index in [9.17, 15) is 14.7 Å². The molecule has 0 bridgehead atoms. The van der Waals surface area contributed by atoms with Crippen LogP contribution in [-0.4, -0.2) is 81.9 Å². The summed E-state index contributed by atoms with van der Waals surface area (Å²) < 4.78 is 0. The molecule has 28 heavy (non-hydrogen) atoms. The van der Waals surface area contributed by atoms with Crippen LogP contribution in [0.25, 0.3) is 0 Å². The smallest absolute Gasteiger partial charge is 0.276 e. The van der Waals surface area contributed by atoms with Gasteiger partial charge in [-0.15, -0.1) is 0 Å². The highest BCUT2D eigenvalue weighted by Crippen LogP contribution is 2.27. The molecule has 1 atom stereocenters. The second kappa shape index (κ2) is 8.47. The first-order valence-electron chi connectivity index (χ1n) is 10.6. The maximum atomic E-state index is 12.8. The molecule has 7 nitrogen and oxygen atoms in total. The number of nitrogens with zero attached hydrogens (tertiary/aromatic N) is 4. The SMILES string of the molecule is O=C(c1ncccc1O)N1CCC(N2CCC[C@H](C(=O)N3CCCC3)C2)CC1. The number of piperidine rings is 2. The first-order chi connectivity index (χ1) is 13.6. The van der Waals surface area contributed by atoms with Crippen molar-refractivity contribution >= 4 is 11.8 Å². The number of hydrogen-bond donors (Lipinski definition) is 1. The van der Waals surface area contributed by atoms with Gasteiger partial charge in [-0.3, -0.25) is 14.5 Å². The Hall–Kier alpha value is -2.15. The van der Waals surface area contributed by atoms with Crippen LogP contribution in [0.1, 0.15) is 49.0 Å². The van der Waals surface area contributed by atoms with Gasteiger partial charge in [0, 0.05) is 45.0 Å². The van der Waals surface area contributed by atoms with Crippen LogP contribution in [0.5, 0.6) is 5.75 Å². The van der Waals surface area contributed by atoms with E-state index in [1.165, 1.54) is 12.3 Å². The van der Waals surface area contributed by atoms with Gasteiger partial charge in [0.05, 0.1) is 5.92 Å². The van der Waals surface area contributed by atoms with Crippen LogP contribution in [0.4, 0.5) is 0 Å². The summed E-state index contributed by atoms with van der Waals surface area (Å²) >= 11 is 0. The molecular formula is C21H30N4O3. The lowest BCUT2D eigenvalue weighted by molar-refractivity contribution is -0.136. The van der Waals surface area contributed by atoms with E-state index in [-0.39, 0.29) is 23.3 Å². The third-order valence-electron chi connectivity index (χ3n) is 6.48. The number of rotatable bonds is 3. The van der Waals surface area contributed by atoms with Crippen molar-refractivity contribution in [2.75, 3.05) is 39.3 Å². The molecule has 0 radical (unpaired) electrons. The lowest BCUT2D eigenvalue weighted by Crippen LogP contribution is -2.51. The molecule has 0 aliphatic carbocycles. The molecular weight excluding hydrogens is 356 g/mol. The Labute approximate surface area is 166 Å². The molecule has 0 aromatic carbocycles. The molecule has 0 saturated carbocycles. The molecule has 3 aliphatic rings. The third-order valence-corrected chi connectivity index (χ3v) is 6.48. The second-order valence-electron chi connectivity index (χ2n) is 8.26. The van der Waals surface area contributed by atoms with Gasteiger partial charge in [0.1, 0.15) is 5.75 Å². The zero-order valence-corrected chi connectivity index (χ0v) is 16.4. The minimum absolute atomic E-state index is 0.0612. The Balaban J connectivity index is 1.31. The summed E-state index contributed by atoms with van der Waals surface area (Å²) in [4.78, 5) is 35.8. The van der Waals surface area contributed by atoms with E-state index < -0.39 is 0 Å². The predicted octanol–water partition coefficient (Wildman–Crippen LogP) is 1.73. The monoisotopic (exact) mass is 386 g/mol. The third kappa shape index (κ3) is 3.99. The van der Waals surface area contributed by atoms with Crippen LogP contribution < -0.4 is 0 Å². The molecule has 0 spiro atoms. The minimum atomic E-state index is -0.197. The Morgan fingerprint density at radius 2 is 1.71 bits per heavy atom. The normalized spacial score (nSPS) is 24.5. The van der Waals surface area contributed by atoms with E-state index in [2.05, 4.69) is 14.8 Å². The van der Waals surface area contributed by atoms with Crippen molar-refractivity contribution in [3.05, 3.63) is 24.0 Å². The van der Waals surface area contributed by atoms with Gasteiger partial charge in [0.25, 0.3) is 5.91 Å². The number of carbonyl (C=O) groups is 2. The van der Waals surface area contributed by atoms with Crippen molar-refractivity contribution in [1.29, 1.82) is 0 Å². The maximum absolute atomic E-state index is 12.8. The highest BCUT2D eigenvalue weighted by Gasteiger charge is 2.35. The van der Waals surface area contributed by atoms with E-state index in [1.807, 2.05) is 0 Å². The number of hydrogen-bond acceptors (Lipinski definition) is 5. The number of likely N-dealkylation sites (tertiary alicyclic amines) is 3. The Kier molecular flexibility index (Phi) is 5.80. The van der Waals surface area contributed by atoms with Crippen molar-refractivity contribution in [3.63, 3.8) is 0 Å². The molecule has 3 aliphatic heterocycles. The molecule has 1 aromatic rings. The molecule has 2 amide bonds. The molecule has 4 heterocycles. The quantitative estimate of drug-likeness (QED) is 0.856. The maximum Gasteiger partial charge on any atom is 0.276 e. The number of carbonyl (C=O) groups excluding carboxylic acids is 2. The van der Waals surface area contributed by atoms with Crippen LogP contribution in [0.15, 0.2) is 18.3 Å². The van der Waals surface area contributed by atoms with Crippen molar-refractivity contribution in [1.82, 2.24) is 19.7 Å². The summed E-state index contributed by atoms with van der Waals surface area (Å²) in [6.45, 7) is 5.09. The second-order valence-corrected chi connectivity index (χ2v) is 8.26. The highest BCUT2D eigenvalue weighted by atomic mass is 16.3. The van der Waals surface area contributed by atoms with Crippen LogP contribution in [-0.2, 0) is 4.79 Å². The van der Waals surface area contributed by atoms with E-state index >= 15 is 0 Å². The van der Waals surface area contributed by atoms with Gasteiger partial charge in [-0.2, -0.15) is 0 Å². The van der Waals surface area contributed by atoms with Gasteiger partial charge in [-0.05, 0) is 57.2 Å². The average molecular weight is 386 g/mol. The summed E-state index contributed by atoms with van der Waals surface area (Å²) in [5.41, 5.74) is 0.134. The largest absolute Gasteiger partial charge is 0.505 e. The van der Waals surface area contributed by atoms with Crippen molar-refractivity contribution in [3.8, 4) is 5.75 Å². The lowest BCUT2D eigenvalue weighted by Gasteiger charge is -2.42. The topological polar surface area (TPSA) is 77.0 Å². The van der Waals surface area contributed by atoms with Gasteiger partial charge in [0.15, 0.2) is 5.69 Å². The minimum Gasteiger partial charge on any atom is -0.505 e. The van der Waals surface area contributed by atoms with E-state index in [0.717, 1.165) is 64.7 Å². The zero-order chi connectivity index (χ0) is 19.5. The molecule has 3 saturated heterocycles. The first kappa shape index (κ1) is 19.2. The fourth-order valence-electron chi connectivity index (χ4n) is 4.88. The molecule has 0 unspecified atom stereocenters. The fraction of sp³-hybridized carbons (Fsp3) is 0.667. The van der Waals surface area contributed by atoms with Gasteiger partial charge in [-0.1, -0.05) is 0 Å². The zero-order valence-electron chi connectivity index (χ0n) is 16.4. The van der Waals surface area contributed by atoms with E-state index in [4.69, 9.17) is 0 Å². The highest BCUT2D eigenvalue weighted by molar-refractivity contribution is 5.94. The molecule has 1 aromatic heterocycles. The predicted molar refractivity (Wildman–Crippen MR) is 105 cm³/mol. The molecule has 4 rings (SSSR count). The van der Waals surface area contributed by atoms with Gasteiger partial charge < -0.3 is 14.9 Å². The summed E-state index contributed by atoms with van der Waals surface area (Å²) in [5.74, 6) is 0.226. The van der Waals surface area contributed by atoms with Crippen molar-refractivity contribution in [2.24, 2.45) is 5.92 Å². The van der Waals surface area contributed by atoms with E-state index in [1.54, 1.807) is 11.0 Å². The summed E-state index contributed by atoms with van der Waals surface area (Å²) in [7, 11) is 0. The molecule has 1 N–H and O–H groups in total. The van der Waals surface area contributed by atoms with E-state index in [0.29, 0.717) is 25.0 Å². The number of aromatic hydroxyl groups is 1. The van der Waals surface area contributed by atoms with Crippen LogP contribution in [0.3, 0.4) is 0 Å². The first-order valence-corrected chi connectivity index (χ1v) is 10.6. The summed E-state index contributed by atoms with van der Waals surface area (Å²) in [6.07, 6.45) is 7.70. The van der Waals surface area contributed by atoms with Crippen molar-refractivity contribution in [2.45, 2.75) is 44.6 Å².